The van der Waals surface area contributed by atoms with Gasteiger partial charge < -0.3 is 19.9 Å². The molecule has 26 heavy (non-hydrogen) atoms. The molecule has 7 nitrogen and oxygen atoms in total. The molecule has 0 aliphatic heterocycles. The quantitative estimate of drug-likeness (QED) is 0.707. The number of nitrogens with one attached hydrogen (secondary N) is 2. The molecule has 0 fully saturated rings. The fraction of sp³-hybridized carbons (Fsp3) is 0.167. The highest BCUT2D eigenvalue weighted by molar-refractivity contribution is 5.73. The second-order valence-electron chi connectivity index (χ2n) is 5.50. The number of halogens is 1. The molecule has 2 N–H and O–H groups in total. The topological polar surface area (TPSA) is 89.3 Å². The SMILES string of the molecule is Cc1cc(CNC(=O)NCc2cccnc2Oc2cccc(F)c2)on1. The van der Waals surface area contributed by atoms with Gasteiger partial charge in [0.25, 0.3) is 0 Å². The summed E-state index contributed by atoms with van der Waals surface area (Å²) in [6, 6.07) is 10.6. The van der Waals surface area contributed by atoms with Gasteiger partial charge in [0.05, 0.1) is 12.2 Å². The molecule has 0 saturated heterocycles. The van der Waals surface area contributed by atoms with Crippen LogP contribution in [0.3, 0.4) is 0 Å². The normalized spacial score (nSPS) is 10.4. The Kier molecular flexibility index (Phi) is 5.43. The number of urea groups is 1. The number of amides is 2. The molecule has 0 aliphatic rings. The van der Waals surface area contributed by atoms with Crippen molar-refractivity contribution >= 4 is 6.03 Å². The molecule has 2 heterocycles. The zero-order chi connectivity index (χ0) is 18.4. The largest absolute Gasteiger partial charge is 0.439 e. The van der Waals surface area contributed by atoms with Crippen molar-refractivity contribution in [2.24, 2.45) is 0 Å². The van der Waals surface area contributed by atoms with Crippen LogP contribution in [-0.2, 0) is 13.1 Å². The van der Waals surface area contributed by atoms with Gasteiger partial charge in [-0.3, -0.25) is 0 Å². The molecule has 3 aromatic rings. The summed E-state index contributed by atoms with van der Waals surface area (Å²) in [6.45, 7) is 2.22. The Morgan fingerprint density at radius 2 is 2.04 bits per heavy atom. The smallest absolute Gasteiger partial charge is 0.315 e. The average Bonchev–Trinajstić information content (AvgIpc) is 3.05. The molecule has 134 valence electrons. The summed E-state index contributed by atoms with van der Waals surface area (Å²) in [4.78, 5) is 16.1. The van der Waals surface area contributed by atoms with E-state index in [4.69, 9.17) is 9.26 Å². The van der Waals surface area contributed by atoms with Gasteiger partial charge in [-0.1, -0.05) is 17.3 Å². The highest BCUT2D eigenvalue weighted by Gasteiger charge is 2.09. The molecule has 2 amide bonds. The van der Waals surface area contributed by atoms with Gasteiger partial charge in [-0.05, 0) is 25.1 Å². The van der Waals surface area contributed by atoms with E-state index in [0.29, 0.717) is 23.0 Å². The molecule has 0 atom stereocenters. The minimum atomic E-state index is -0.403. The highest BCUT2D eigenvalue weighted by atomic mass is 19.1. The molecule has 0 unspecified atom stereocenters. The van der Waals surface area contributed by atoms with Gasteiger partial charge in [0, 0.05) is 30.4 Å². The lowest BCUT2D eigenvalue weighted by atomic mass is 10.2. The predicted molar refractivity (Wildman–Crippen MR) is 91.0 cm³/mol. The summed E-state index contributed by atoms with van der Waals surface area (Å²) in [7, 11) is 0. The molecule has 8 heteroatoms. The maximum Gasteiger partial charge on any atom is 0.315 e. The van der Waals surface area contributed by atoms with Crippen LogP contribution in [-0.4, -0.2) is 16.2 Å². The zero-order valence-electron chi connectivity index (χ0n) is 14.0. The van der Waals surface area contributed by atoms with Crippen LogP contribution in [0.1, 0.15) is 17.0 Å². The number of benzene rings is 1. The van der Waals surface area contributed by atoms with Crippen LogP contribution in [0.25, 0.3) is 0 Å². The molecule has 0 aliphatic carbocycles. The van der Waals surface area contributed by atoms with E-state index < -0.39 is 5.82 Å². The van der Waals surface area contributed by atoms with Gasteiger partial charge in [0.2, 0.25) is 5.88 Å². The Bertz CT molecular complexity index is 897. The van der Waals surface area contributed by atoms with E-state index in [1.165, 1.54) is 12.1 Å². The summed E-state index contributed by atoms with van der Waals surface area (Å²) in [5, 5.41) is 9.12. The lowest BCUT2D eigenvalue weighted by Crippen LogP contribution is -2.34. The van der Waals surface area contributed by atoms with E-state index in [-0.39, 0.29) is 19.1 Å². The van der Waals surface area contributed by atoms with Crippen LogP contribution in [0, 0.1) is 12.7 Å². The third kappa shape index (κ3) is 4.79. The third-order valence-electron chi connectivity index (χ3n) is 3.40. The Labute approximate surface area is 149 Å². The molecular weight excluding hydrogens is 339 g/mol. The monoisotopic (exact) mass is 356 g/mol. The predicted octanol–water partition coefficient (Wildman–Crippen LogP) is 3.31. The Hall–Kier alpha value is -3.42. The molecule has 0 bridgehead atoms. The number of carbonyl (C=O) groups excluding carboxylic acids is 1. The summed E-state index contributed by atoms with van der Waals surface area (Å²) in [6.07, 6.45) is 1.56. The van der Waals surface area contributed by atoms with Gasteiger partial charge in [0.15, 0.2) is 5.76 Å². The van der Waals surface area contributed by atoms with E-state index in [1.807, 2.05) is 0 Å². The molecule has 0 saturated carbocycles. The van der Waals surface area contributed by atoms with Crippen LogP contribution in [0.5, 0.6) is 11.6 Å². The summed E-state index contributed by atoms with van der Waals surface area (Å²) >= 11 is 0. The Morgan fingerprint density at radius 1 is 1.19 bits per heavy atom. The number of pyridine rings is 1. The van der Waals surface area contributed by atoms with Crippen molar-refractivity contribution in [2.45, 2.75) is 20.0 Å². The van der Waals surface area contributed by atoms with Crippen molar-refractivity contribution in [3.05, 3.63) is 71.5 Å². The van der Waals surface area contributed by atoms with E-state index >= 15 is 0 Å². The van der Waals surface area contributed by atoms with Crippen LogP contribution >= 0.6 is 0 Å². The number of hydrogen-bond acceptors (Lipinski definition) is 5. The first-order valence-electron chi connectivity index (χ1n) is 7.91. The maximum absolute atomic E-state index is 13.3. The molecule has 0 radical (unpaired) electrons. The molecular formula is C18H17FN4O3. The standard InChI is InChI=1S/C18H17FN4O3/c1-12-8-16(26-23-12)11-22-18(24)21-10-13-4-3-7-20-17(13)25-15-6-2-5-14(19)9-15/h2-9H,10-11H2,1H3,(H2,21,22,24). The van der Waals surface area contributed by atoms with Crippen molar-refractivity contribution in [3.8, 4) is 11.6 Å². The van der Waals surface area contributed by atoms with E-state index in [9.17, 15) is 9.18 Å². The molecule has 3 rings (SSSR count). The number of ether oxygens (including phenoxy) is 1. The second kappa shape index (κ2) is 8.11. The minimum Gasteiger partial charge on any atom is -0.439 e. The number of aromatic nitrogens is 2. The Morgan fingerprint density at radius 3 is 2.81 bits per heavy atom. The average molecular weight is 356 g/mol. The number of nitrogens with zero attached hydrogens (tertiary/aromatic N) is 2. The fourth-order valence-corrected chi connectivity index (χ4v) is 2.20. The van der Waals surface area contributed by atoms with Crippen molar-refractivity contribution in [2.75, 3.05) is 0 Å². The van der Waals surface area contributed by atoms with Crippen LogP contribution < -0.4 is 15.4 Å². The van der Waals surface area contributed by atoms with Crippen molar-refractivity contribution < 1.29 is 18.4 Å². The van der Waals surface area contributed by atoms with Crippen molar-refractivity contribution in [3.63, 3.8) is 0 Å². The van der Waals surface area contributed by atoms with Crippen molar-refractivity contribution in [1.82, 2.24) is 20.8 Å². The van der Waals surface area contributed by atoms with Crippen LogP contribution in [0.4, 0.5) is 9.18 Å². The number of aryl methyl sites for hydroxylation is 1. The Balaban J connectivity index is 1.57. The third-order valence-corrected chi connectivity index (χ3v) is 3.40. The van der Waals surface area contributed by atoms with E-state index in [1.54, 1.807) is 43.5 Å². The van der Waals surface area contributed by atoms with Crippen molar-refractivity contribution in [1.29, 1.82) is 0 Å². The lowest BCUT2D eigenvalue weighted by Gasteiger charge is -2.11. The lowest BCUT2D eigenvalue weighted by molar-refractivity contribution is 0.238. The molecule has 2 aromatic heterocycles. The van der Waals surface area contributed by atoms with Crippen LogP contribution in [0.2, 0.25) is 0 Å². The van der Waals surface area contributed by atoms with Gasteiger partial charge >= 0.3 is 6.03 Å². The number of hydrogen-bond donors (Lipinski definition) is 2. The molecule has 1 aromatic carbocycles. The minimum absolute atomic E-state index is 0.194. The summed E-state index contributed by atoms with van der Waals surface area (Å²) in [5.41, 5.74) is 1.40. The first-order chi connectivity index (χ1) is 12.6. The fourth-order valence-electron chi connectivity index (χ4n) is 2.20. The second-order valence-corrected chi connectivity index (χ2v) is 5.50. The maximum atomic E-state index is 13.3. The number of carbonyl (C=O) groups is 1. The highest BCUT2D eigenvalue weighted by Crippen LogP contribution is 2.23. The first-order valence-corrected chi connectivity index (χ1v) is 7.91. The summed E-state index contributed by atoms with van der Waals surface area (Å²) < 4.78 is 23.9. The van der Waals surface area contributed by atoms with Gasteiger partial charge in [-0.15, -0.1) is 0 Å². The molecule has 0 spiro atoms. The van der Waals surface area contributed by atoms with E-state index in [0.717, 1.165) is 5.69 Å². The van der Waals surface area contributed by atoms with Gasteiger partial charge in [0.1, 0.15) is 11.6 Å². The summed E-state index contributed by atoms with van der Waals surface area (Å²) in [5.74, 6) is 0.786. The van der Waals surface area contributed by atoms with Gasteiger partial charge in [-0.25, -0.2) is 14.2 Å². The number of rotatable bonds is 6. The first kappa shape index (κ1) is 17.4. The van der Waals surface area contributed by atoms with E-state index in [2.05, 4.69) is 20.8 Å². The van der Waals surface area contributed by atoms with Crippen LogP contribution in [0.15, 0.2) is 53.2 Å². The zero-order valence-corrected chi connectivity index (χ0v) is 14.0. The van der Waals surface area contributed by atoms with Gasteiger partial charge in [-0.2, -0.15) is 0 Å².